The summed E-state index contributed by atoms with van der Waals surface area (Å²) in [4.78, 5) is 11.6. The van der Waals surface area contributed by atoms with Crippen LogP contribution < -0.4 is 5.32 Å². The van der Waals surface area contributed by atoms with E-state index in [0.29, 0.717) is 19.8 Å². The van der Waals surface area contributed by atoms with Gasteiger partial charge in [-0.1, -0.05) is 30.3 Å². The van der Waals surface area contributed by atoms with Crippen LogP contribution in [0.5, 0.6) is 0 Å². The molecule has 0 aliphatic rings. The number of nitrogens with one attached hydrogen (secondary N) is 1. The molecule has 1 aromatic carbocycles. The Balaban J connectivity index is 2.54. The summed E-state index contributed by atoms with van der Waals surface area (Å²) in [6, 6.07) is 7.83. The number of ether oxygens (including phenoxy) is 2. The lowest BCUT2D eigenvalue weighted by Crippen LogP contribution is -2.32. The Kier molecular flexibility index (Phi) is 6.25. The third-order valence-corrected chi connectivity index (χ3v) is 2.43. The van der Waals surface area contributed by atoms with E-state index >= 15 is 0 Å². The third-order valence-electron chi connectivity index (χ3n) is 2.43. The van der Waals surface area contributed by atoms with E-state index in [2.05, 4.69) is 11.9 Å². The Bertz CT molecular complexity index is 449. The zero-order chi connectivity index (χ0) is 15.0. The SMILES string of the molecule is C=CCOCc1ccccc1CNC(=O)OC(C)(C)C. The highest BCUT2D eigenvalue weighted by Gasteiger charge is 2.15. The summed E-state index contributed by atoms with van der Waals surface area (Å²) in [7, 11) is 0. The molecule has 0 saturated carbocycles. The van der Waals surface area contributed by atoms with Gasteiger partial charge in [0, 0.05) is 6.54 Å². The van der Waals surface area contributed by atoms with Gasteiger partial charge in [-0.25, -0.2) is 4.79 Å². The van der Waals surface area contributed by atoms with Gasteiger partial charge in [0.2, 0.25) is 0 Å². The van der Waals surface area contributed by atoms with E-state index in [4.69, 9.17) is 9.47 Å². The van der Waals surface area contributed by atoms with Gasteiger partial charge in [-0.2, -0.15) is 0 Å². The largest absolute Gasteiger partial charge is 0.444 e. The molecular formula is C16H23NO3. The molecule has 1 aromatic rings. The quantitative estimate of drug-likeness (QED) is 0.640. The molecule has 0 spiro atoms. The molecule has 1 N–H and O–H groups in total. The number of carbonyl (C=O) groups excluding carboxylic acids is 1. The number of amides is 1. The molecule has 0 aliphatic carbocycles. The van der Waals surface area contributed by atoms with Crippen molar-refractivity contribution in [3.05, 3.63) is 48.0 Å². The highest BCUT2D eigenvalue weighted by molar-refractivity contribution is 5.67. The predicted octanol–water partition coefficient (Wildman–Crippen LogP) is 3.41. The molecule has 110 valence electrons. The fourth-order valence-electron chi connectivity index (χ4n) is 1.60. The standard InChI is InChI=1S/C16H23NO3/c1-5-10-19-12-14-9-7-6-8-13(14)11-17-15(18)20-16(2,3)4/h5-9H,1,10-12H2,2-4H3,(H,17,18). The lowest BCUT2D eigenvalue weighted by atomic mass is 10.1. The maximum atomic E-state index is 11.6. The number of carbonyl (C=O) groups is 1. The minimum absolute atomic E-state index is 0.417. The number of hydrogen-bond acceptors (Lipinski definition) is 3. The highest BCUT2D eigenvalue weighted by Crippen LogP contribution is 2.11. The van der Waals surface area contributed by atoms with Crippen LogP contribution >= 0.6 is 0 Å². The molecule has 0 unspecified atom stereocenters. The van der Waals surface area contributed by atoms with Crippen LogP contribution in [0.3, 0.4) is 0 Å². The molecule has 0 fully saturated rings. The molecule has 0 heterocycles. The highest BCUT2D eigenvalue weighted by atomic mass is 16.6. The summed E-state index contributed by atoms with van der Waals surface area (Å²) < 4.78 is 10.6. The van der Waals surface area contributed by atoms with Crippen molar-refractivity contribution in [2.45, 2.75) is 39.5 Å². The maximum Gasteiger partial charge on any atom is 0.407 e. The van der Waals surface area contributed by atoms with Crippen LogP contribution in [-0.4, -0.2) is 18.3 Å². The molecule has 0 atom stereocenters. The van der Waals surface area contributed by atoms with Gasteiger partial charge in [0.1, 0.15) is 5.60 Å². The molecule has 4 nitrogen and oxygen atoms in total. The summed E-state index contributed by atoms with van der Waals surface area (Å²) >= 11 is 0. The average molecular weight is 277 g/mol. The minimum atomic E-state index is -0.489. The Morgan fingerprint density at radius 1 is 1.30 bits per heavy atom. The molecule has 1 rings (SSSR count). The average Bonchev–Trinajstić information content (AvgIpc) is 2.36. The fraction of sp³-hybridized carbons (Fsp3) is 0.438. The van der Waals surface area contributed by atoms with Crippen LogP contribution in [0.2, 0.25) is 0 Å². The van der Waals surface area contributed by atoms with Gasteiger partial charge in [0.25, 0.3) is 0 Å². The van der Waals surface area contributed by atoms with E-state index in [0.717, 1.165) is 11.1 Å². The first-order valence-corrected chi connectivity index (χ1v) is 6.64. The second-order valence-electron chi connectivity index (χ2n) is 5.43. The van der Waals surface area contributed by atoms with E-state index in [1.807, 2.05) is 45.0 Å². The molecule has 0 radical (unpaired) electrons. The van der Waals surface area contributed by atoms with Crippen LogP contribution in [-0.2, 0) is 22.6 Å². The van der Waals surface area contributed by atoms with Crippen molar-refractivity contribution in [1.29, 1.82) is 0 Å². The zero-order valence-corrected chi connectivity index (χ0v) is 12.4. The first kappa shape index (κ1) is 16.2. The zero-order valence-electron chi connectivity index (χ0n) is 12.4. The summed E-state index contributed by atoms with van der Waals surface area (Å²) in [5.74, 6) is 0. The van der Waals surface area contributed by atoms with Gasteiger partial charge in [-0.05, 0) is 31.9 Å². The number of alkyl carbamates (subject to hydrolysis) is 1. The van der Waals surface area contributed by atoms with E-state index in [9.17, 15) is 4.79 Å². The number of rotatable bonds is 6. The van der Waals surface area contributed by atoms with Crippen LogP contribution in [0, 0.1) is 0 Å². The van der Waals surface area contributed by atoms with Crippen LogP contribution in [0.25, 0.3) is 0 Å². The van der Waals surface area contributed by atoms with Crippen LogP contribution in [0.1, 0.15) is 31.9 Å². The topological polar surface area (TPSA) is 47.6 Å². The molecule has 0 aliphatic heterocycles. The van der Waals surface area contributed by atoms with Gasteiger partial charge in [-0.15, -0.1) is 6.58 Å². The van der Waals surface area contributed by atoms with E-state index in [-0.39, 0.29) is 0 Å². The van der Waals surface area contributed by atoms with Crippen molar-refractivity contribution < 1.29 is 14.3 Å². The van der Waals surface area contributed by atoms with E-state index in [1.54, 1.807) is 6.08 Å². The molecule has 0 bridgehead atoms. The van der Waals surface area contributed by atoms with Crippen molar-refractivity contribution in [2.24, 2.45) is 0 Å². The first-order valence-electron chi connectivity index (χ1n) is 6.64. The van der Waals surface area contributed by atoms with Gasteiger partial charge >= 0.3 is 6.09 Å². The lowest BCUT2D eigenvalue weighted by molar-refractivity contribution is 0.0523. The van der Waals surface area contributed by atoms with Crippen molar-refractivity contribution in [2.75, 3.05) is 6.61 Å². The normalized spacial score (nSPS) is 10.9. The van der Waals surface area contributed by atoms with Gasteiger partial charge < -0.3 is 14.8 Å². The van der Waals surface area contributed by atoms with E-state index < -0.39 is 11.7 Å². The Labute approximate surface area is 120 Å². The van der Waals surface area contributed by atoms with E-state index in [1.165, 1.54) is 0 Å². The second-order valence-corrected chi connectivity index (χ2v) is 5.43. The predicted molar refractivity (Wildman–Crippen MR) is 79.4 cm³/mol. The monoisotopic (exact) mass is 277 g/mol. The summed E-state index contributed by atoms with van der Waals surface area (Å²) in [5.41, 5.74) is 1.57. The van der Waals surface area contributed by atoms with Crippen molar-refractivity contribution in [1.82, 2.24) is 5.32 Å². The summed E-state index contributed by atoms with van der Waals surface area (Å²) in [5, 5.41) is 2.75. The fourth-order valence-corrected chi connectivity index (χ4v) is 1.60. The number of hydrogen-bond donors (Lipinski definition) is 1. The molecule has 0 saturated heterocycles. The van der Waals surface area contributed by atoms with Crippen molar-refractivity contribution in [3.63, 3.8) is 0 Å². The van der Waals surface area contributed by atoms with Gasteiger partial charge in [0.15, 0.2) is 0 Å². The molecule has 4 heteroatoms. The lowest BCUT2D eigenvalue weighted by Gasteiger charge is -2.20. The third kappa shape index (κ3) is 6.38. The maximum absolute atomic E-state index is 11.6. The Morgan fingerprint density at radius 2 is 1.95 bits per heavy atom. The molecule has 0 aromatic heterocycles. The smallest absolute Gasteiger partial charge is 0.407 e. The molecular weight excluding hydrogens is 254 g/mol. The van der Waals surface area contributed by atoms with Gasteiger partial charge in [0.05, 0.1) is 13.2 Å². The van der Waals surface area contributed by atoms with Crippen LogP contribution in [0.4, 0.5) is 4.79 Å². The molecule has 1 amide bonds. The Morgan fingerprint density at radius 3 is 2.55 bits per heavy atom. The Hall–Kier alpha value is -1.81. The van der Waals surface area contributed by atoms with Crippen molar-refractivity contribution >= 4 is 6.09 Å². The van der Waals surface area contributed by atoms with Crippen LogP contribution in [0.15, 0.2) is 36.9 Å². The van der Waals surface area contributed by atoms with Gasteiger partial charge in [-0.3, -0.25) is 0 Å². The summed E-state index contributed by atoms with van der Waals surface area (Å²) in [6.45, 7) is 10.5. The van der Waals surface area contributed by atoms with Crippen molar-refractivity contribution in [3.8, 4) is 0 Å². The first-order chi connectivity index (χ1) is 9.42. The molecule has 20 heavy (non-hydrogen) atoms. The minimum Gasteiger partial charge on any atom is -0.444 e. The summed E-state index contributed by atoms with van der Waals surface area (Å²) in [6.07, 6.45) is 1.29. The second kappa shape index (κ2) is 7.70. The number of benzene rings is 1.